The van der Waals surface area contributed by atoms with Crippen LogP contribution in [0.1, 0.15) is 13.3 Å². The minimum Gasteiger partial charge on any atom is -0.274 e. The van der Waals surface area contributed by atoms with Crippen molar-refractivity contribution in [3.8, 4) is 0 Å². The van der Waals surface area contributed by atoms with Crippen molar-refractivity contribution in [2.45, 2.75) is 18.2 Å². The summed E-state index contributed by atoms with van der Waals surface area (Å²) in [7, 11) is -4.16. The predicted molar refractivity (Wildman–Crippen MR) is 70.8 cm³/mol. The number of rotatable bonds is 3. The Kier molecular flexibility index (Phi) is 3.70. The maximum atomic E-state index is 12.4. The Labute approximate surface area is 120 Å². The highest BCUT2D eigenvalue weighted by Crippen LogP contribution is 2.31. The molecule has 0 N–H and O–H groups in total. The molecule has 0 aliphatic carbocycles. The van der Waals surface area contributed by atoms with Gasteiger partial charge in [-0.3, -0.25) is 14.9 Å². The van der Waals surface area contributed by atoms with Crippen molar-refractivity contribution in [1.29, 1.82) is 0 Å². The smallest absolute Gasteiger partial charge is 0.270 e. The molecule has 0 spiro atoms. The molecule has 0 radical (unpaired) electrons. The summed E-state index contributed by atoms with van der Waals surface area (Å²) in [5.41, 5.74) is -0.396. The molecule has 1 aliphatic heterocycles. The van der Waals surface area contributed by atoms with E-state index in [4.69, 9.17) is 11.6 Å². The van der Waals surface area contributed by atoms with Crippen molar-refractivity contribution >= 4 is 33.2 Å². The van der Waals surface area contributed by atoms with Gasteiger partial charge in [-0.2, -0.15) is 0 Å². The number of non-ortho nitro benzene ring substituents is 1. The molecule has 7 nitrogen and oxygen atoms in total. The van der Waals surface area contributed by atoms with Gasteiger partial charge in [0.05, 0.1) is 9.95 Å². The fraction of sp³-hybridized carbons (Fsp3) is 0.364. The second-order valence-electron chi connectivity index (χ2n) is 4.61. The van der Waals surface area contributed by atoms with Gasteiger partial charge in [0.25, 0.3) is 15.7 Å². The normalized spacial score (nSPS) is 19.4. The molecule has 9 heteroatoms. The van der Waals surface area contributed by atoms with E-state index in [1.807, 2.05) is 0 Å². The fourth-order valence-electron chi connectivity index (χ4n) is 2.00. The average molecular weight is 319 g/mol. The molecule has 1 fully saturated rings. The van der Waals surface area contributed by atoms with Gasteiger partial charge >= 0.3 is 0 Å². The van der Waals surface area contributed by atoms with Gasteiger partial charge in [-0.1, -0.05) is 18.5 Å². The van der Waals surface area contributed by atoms with E-state index in [0.717, 1.165) is 22.5 Å². The Morgan fingerprint density at radius 2 is 2.10 bits per heavy atom. The predicted octanol–water partition coefficient (Wildman–Crippen LogP) is 1.81. The molecule has 1 atom stereocenters. The Bertz CT molecular complexity index is 688. The van der Waals surface area contributed by atoms with E-state index >= 15 is 0 Å². The fourth-order valence-corrected chi connectivity index (χ4v) is 4.03. The highest BCUT2D eigenvalue weighted by molar-refractivity contribution is 7.89. The lowest BCUT2D eigenvalue weighted by molar-refractivity contribution is -0.385. The van der Waals surface area contributed by atoms with Gasteiger partial charge in [-0.05, 0) is 12.0 Å². The van der Waals surface area contributed by atoms with Gasteiger partial charge in [0.2, 0.25) is 5.91 Å². The standard InChI is InChI=1S/C11H11ClN2O5S/c1-7-4-11(15)13(6-7)20(18,19)10-5-8(14(16)17)2-3-9(10)12/h2-3,5,7H,4,6H2,1H3. The molecule has 1 amide bonds. The van der Waals surface area contributed by atoms with Gasteiger partial charge < -0.3 is 0 Å². The monoisotopic (exact) mass is 318 g/mol. The summed E-state index contributed by atoms with van der Waals surface area (Å²) in [6, 6.07) is 3.11. The third kappa shape index (κ3) is 2.48. The summed E-state index contributed by atoms with van der Waals surface area (Å²) in [6.45, 7) is 1.81. The minimum atomic E-state index is -4.16. The number of benzene rings is 1. The van der Waals surface area contributed by atoms with E-state index in [1.165, 1.54) is 0 Å². The van der Waals surface area contributed by atoms with E-state index in [1.54, 1.807) is 6.92 Å². The second kappa shape index (κ2) is 5.02. The molecule has 0 saturated carbocycles. The lowest BCUT2D eigenvalue weighted by Crippen LogP contribution is -2.32. The van der Waals surface area contributed by atoms with Crippen LogP contribution < -0.4 is 0 Å². The zero-order valence-electron chi connectivity index (χ0n) is 10.4. The second-order valence-corrected chi connectivity index (χ2v) is 6.85. The van der Waals surface area contributed by atoms with Crippen LogP contribution in [-0.4, -0.2) is 30.1 Å². The lowest BCUT2D eigenvalue weighted by Gasteiger charge is -2.17. The molecule has 108 valence electrons. The zero-order chi connectivity index (χ0) is 15.1. The van der Waals surface area contributed by atoms with E-state index < -0.39 is 31.4 Å². The zero-order valence-corrected chi connectivity index (χ0v) is 12.0. The maximum absolute atomic E-state index is 12.4. The summed E-state index contributed by atoms with van der Waals surface area (Å²) < 4.78 is 25.5. The number of carbonyl (C=O) groups is 1. The van der Waals surface area contributed by atoms with Crippen LogP contribution in [0.15, 0.2) is 23.1 Å². The highest BCUT2D eigenvalue weighted by atomic mass is 35.5. The summed E-state index contributed by atoms with van der Waals surface area (Å²) >= 11 is 5.81. The van der Waals surface area contributed by atoms with Gasteiger partial charge in [0, 0.05) is 25.1 Å². The van der Waals surface area contributed by atoms with Gasteiger partial charge in [0.15, 0.2) is 0 Å². The highest BCUT2D eigenvalue weighted by Gasteiger charge is 2.38. The summed E-state index contributed by atoms with van der Waals surface area (Å²) in [6.07, 6.45) is 0.131. The van der Waals surface area contributed by atoms with Crippen molar-refractivity contribution in [3.05, 3.63) is 33.3 Å². The van der Waals surface area contributed by atoms with Gasteiger partial charge in [0.1, 0.15) is 4.90 Å². The molecule has 1 aliphatic rings. The first-order valence-corrected chi connectivity index (χ1v) is 7.55. The number of carbonyl (C=O) groups excluding carboxylic acids is 1. The van der Waals surface area contributed by atoms with Crippen LogP contribution in [0.2, 0.25) is 5.02 Å². The third-order valence-corrected chi connectivity index (χ3v) is 5.24. The molecular weight excluding hydrogens is 308 g/mol. The molecule has 0 bridgehead atoms. The van der Waals surface area contributed by atoms with E-state index in [0.29, 0.717) is 0 Å². The van der Waals surface area contributed by atoms with E-state index in [9.17, 15) is 23.3 Å². The topological polar surface area (TPSA) is 97.6 Å². The largest absolute Gasteiger partial charge is 0.274 e. The SMILES string of the molecule is CC1CC(=O)N(S(=O)(=O)c2cc([N+](=O)[O-])ccc2Cl)C1. The molecule has 1 saturated heterocycles. The first-order valence-electron chi connectivity index (χ1n) is 5.73. The molecule has 0 aromatic heterocycles. The van der Waals surface area contributed by atoms with Crippen molar-refractivity contribution < 1.29 is 18.1 Å². The molecule has 1 heterocycles. The molecule has 20 heavy (non-hydrogen) atoms. The summed E-state index contributed by atoms with van der Waals surface area (Å²) in [5, 5.41) is 10.6. The lowest BCUT2D eigenvalue weighted by atomic mass is 10.2. The van der Waals surface area contributed by atoms with Crippen LogP contribution in [0.4, 0.5) is 5.69 Å². The van der Waals surface area contributed by atoms with Crippen LogP contribution in [0.3, 0.4) is 0 Å². The number of nitro benzene ring substituents is 1. The van der Waals surface area contributed by atoms with Crippen LogP contribution in [0.25, 0.3) is 0 Å². The number of nitrogens with zero attached hydrogens (tertiary/aromatic N) is 2. The van der Waals surface area contributed by atoms with E-state index in [-0.39, 0.29) is 23.9 Å². The van der Waals surface area contributed by atoms with Gasteiger partial charge in [-0.25, -0.2) is 12.7 Å². The van der Waals surface area contributed by atoms with Crippen LogP contribution >= 0.6 is 11.6 Å². The van der Waals surface area contributed by atoms with Crippen molar-refractivity contribution in [2.24, 2.45) is 5.92 Å². The summed E-state index contributed by atoms with van der Waals surface area (Å²) in [4.78, 5) is 21.3. The van der Waals surface area contributed by atoms with Crippen molar-refractivity contribution in [1.82, 2.24) is 4.31 Å². The van der Waals surface area contributed by atoms with Crippen molar-refractivity contribution in [3.63, 3.8) is 0 Å². The van der Waals surface area contributed by atoms with Crippen LogP contribution in [0, 0.1) is 16.0 Å². The van der Waals surface area contributed by atoms with Crippen molar-refractivity contribution in [2.75, 3.05) is 6.54 Å². The third-order valence-electron chi connectivity index (χ3n) is 2.97. The Morgan fingerprint density at radius 3 is 2.60 bits per heavy atom. The maximum Gasteiger partial charge on any atom is 0.270 e. The quantitative estimate of drug-likeness (QED) is 0.625. The number of sulfonamides is 1. The first kappa shape index (κ1) is 14.7. The summed E-state index contributed by atoms with van der Waals surface area (Å²) in [5.74, 6) is -0.616. The number of nitro groups is 1. The molecule has 1 aromatic rings. The number of hydrogen-bond acceptors (Lipinski definition) is 5. The van der Waals surface area contributed by atoms with Gasteiger partial charge in [-0.15, -0.1) is 0 Å². The van der Waals surface area contributed by atoms with Crippen LogP contribution in [0.5, 0.6) is 0 Å². The average Bonchev–Trinajstić information content (AvgIpc) is 2.69. The number of halogens is 1. The first-order chi connectivity index (χ1) is 9.23. The minimum absolute atomic E-state index is 0.0557. The molecular formula is C11H11ClN2O5S. The molecule has 1 aromatic carbocycles. The number of amides is 1. The van der Waals surface area contributed by atoms with Crippen LogP contribution in [-0.2, 0) is 14.8 Å². The Balaban J connectivity index is 2.52. The molecule has 2 rings (SSSR count). The molecule has 1 unspecified atom stereocenters. The number of hydrogen-bond donors (Lipinski definition) is 0. The Hall–Kier alpha value is -1.67. The Morgan fingerprint density at radius 1 is 1.45 bits per heavy atom. The van der Waals surface area contributed by atoms with E-state index in [2.05, 4.69) is 0 Å².